The zero-order valence-electron chi connectivity index (χ0n) is 10.1. The molecule has 1 aliphatic rings. The Morgan fingerprint density at radius 1 is 1.33 bits per heavy atom. The molecule has 0 atom stereocenters. The summed E-state index contributed by atoms with van der Waals surface area (Å²) in [5, 5.41) is 0.322. The second kappa shape index (κ2) is 6.16. The number of aliphatic imine (C=N–C) groups is 1. The molecule has 1 saturated carbocycles. The molecule has 1 fully saturated rings. The molecular weight excluding hydrogens is 253 g/mol. The van der Waals surface area contributed by atoms with Crippen molar-refractivity contribution in [1.82, 2.24) is 5.43 Å². The Balaban J connectivity index is 2.29. The molecule has 98 valence electrons. The quantitative estimate of drug-likeness (QED) is 0.375. The second-order valence-electron chi connectivity index (χ2n) is 4.51. The molecule has 18 heavy (non-hydrogen) atoms. The lowest BCUT2D eigenvalue weighted by atomic mass is 9.96. The number of benzene rings is 1. The van der Waals surface area contributed by atoms with Gasteiger partial charge in [-0.25, -0.2) is 10.2 Å². The third-order valence-corrected chi connectivity index (χ3v) is 3.54. The molecule has 3 N–H and O–H groups in total. The molecule has 0 aliphatic heterocycles. The van der Waals surface area contributed by atoms with Crippen LogP contribution in [0.4, 0.5) is 4.39 Å². The predicted octanol–water partition coefficient (Wildman–Crippen LogP) is 3.02. The first-order valence-electron chi connectivity index (χ1n) is 6.21. The minimum atomic E-state index is -0.407. The van der Waals surface area contributed by atoms with Gasteiger partial charge in [0.1, 0.15) is 11.7 Å². The smallest absolute Gasteiger partial charge is 0.147 e. The summed E-state index contributed by atoms with van der Waals surface area (Å²) in [6.45, 7) is 0. The van der Waals surface area contributed by atoms with Gasteiger partial charge in [-0.1, -0.05) is 36.9 Å². The maximum atomic E-state index is 13.8. The van der Waals surface area contributed by atoms with Gasteiger partial charge < -0.3 is 5.43 Å². The van der Waals surface area contributed by atoms with E-state index < -0.39 is 5.82 Å². The molecule has 0 aromatic heterocycles. The summed E-state index contributed by atoms with van der Waals surface area (Å²) in [6.07, 6.45) is 5.63. The fraction of sp³-hybridized carbons (Fsp3) is 0.462. The van der Waals surface area contributed by atoms with Crippen molar-refractivity contribution in [2.24, 2.45) is 10.8 Å². The highest BCUT2D eigenvalue weighted by Gasteiger charge is 2.17. The lowest BCUT2D eigenvalue weighted by Crippen LogP contribution is -2.33. The summed E-state index contributed by atoms with van der Waals surface area (Å²) in [7, 11) is 0. The van der Waals surface area contributed by atoms with Crippen molar-refractivity contribution >= 4 is 17.4 Å². The minimum absolute atomic E-state index is 0.209. The van der Waals surface area contributed by atoms with Crippen molar-refractivity contribution < 1.29 is 4.39 Å². The van der Waals surface area contributed by atoms with Crippen LogP contribution in [0.3, 0.4) is 0 Å². The molecular formula is C13H17ClFN3. The molecule has 1 aliphatic carbocycles. The highest BCUT2D eigenvalue weighted by atomic mass is 35.5. The summed E-state index contributed by atoms with van der Waals surface area (Å²) in [5.41, 5.74) is 2.73. The van der Waals surface area contributed by atoms with Crippen LogP contribution < -0.4 is 11.3 Å². The Bertz CT molecular complexity index is 422. The highest BCUT2D eigenvalue weighted by molar-refractivity contribution is 6.34. The molecule has 3 nitrogen and oxygen atoms in total. The van der Waals surface area contributed by atoms with Crippen LogP contribution in [0.25, 0.3) is 0 Å². The monoisotopic (exact) mass is 269 g/mol. The van der Waals surface area contributed by atoms with E-state index in [2.05, 4.69) is 10.4 Å². The van der Waals surface area contributed by atoms with Crippen LogP contribution in [0.1, 0.15) is 37.7 Å². The molecule has 0 bridgehead atoms. The van der Waals surface area contributed by atoms with Crippen LogP contribution in [-0.4, -0.2) is 11.9 Å². The first-order chi connectivity index (χ1) is 8.72. The number of hydrogen-bond donors (Lipinski definition) is 2. The summed E-state index contributed by atoms with van der Waals surface area (Å²) < 4.78 is 13.8. The number of nitrogens with zero attached hydrogens (tertiary/aromatic N) is 1. The number of amidine groups is 1. The van der Waals surface area contributed by atoms with Gasteiger partial charge in [0, 0.05) is 0 Å². The first-order valence-corrected chi connectivity index (χ1v) is 6.59. The molecule has 2 rings (SSSR count). The highest BCUT2D eigenvalue weighted by Crippen LogP contribution is 2.23. The lowest BCUT2D eigenvalue weighted by molar-refractivity contribution is 0.442. The van der Waals surface area contributed by atoms with E-state index in [1.54, 1.807) is 12.1 Å². The molecule has 0 spiro atoms. The molecule has 5 heteroatoms. The zero-order valence-corrected chi connectivity index (χ0v) is 10.9. The van der Waals surface area contributed by atoms with Crippen molar-refractivity contribution in [3.8, 4) is 0 Å². The number of halogens is 2. The van der Waals surface area contributed by atoms with Gasteiger partial charge in [-0.2, -0.15) is 0 Å². The average molecular weight is 270 g/mol. The van der Waals surface area contributed by atoms with Crippen LogP contribution in [-0.2, 0) is 0 Å². The number of nitrogens with one attached hydrogen (secondary N) is 1. The van der Waals surface area contributed by atoms with Crippen molar-refractivity contribution in [3.63, 3.8) is 0 Å². The van der Waals surface area contributed by atoms with Crippen LogP contribution in [0, 0.1) is 5.82 Å². The van der Waals surface area contributed by atoms with Crippen LogP contribution in [0.5, 0.6) is 0 Å². The van der Waals surface area contributed by atoms with Gasteiger partial charge in [0.15, 0.2) is 0 Å². The van der Waals surface area contributed by atoms with Gasteiger partial charge in [-0.3, -0.25) is 4.99 Å². The van der Waals surface area contributed by atoms with Crippen molar-refractivity contribution in [1.29, 1.82) is 0 Å². The SMILES string of the molecule is NNC(=NC1CCCCC1)c1c(F)cccc1Cl. The number of hydrazine groups is 1. The maximum Gasteiger partial charge on any atom is 0.147 e. The predicted molar refractivity (Wildman–Crippen MR) is 72.1 cm³/mol. The van der Waals surface area contributed by atoms with Crippen molar-refractivity contribution in [2.75, 3.05) is 0 Å². The van der Waals surface area contributed by atoms with E-state index in [1.165, 1.54) is 12.5 Å². The fourth-order valence-corrected chi connectivity index (χ4v) is 2.54. The van der Waals surface area contributed by atoms with E-state index >= 15 is 0 Å². The van der Waals surface area contributed by atoms with E-state index in [1.807, 2.05) is 0 Å². The topological polar surface area (TPSA) is 50.4 Å². The molecule has 0 radical (unpaired) electrons. The summed E-state index contributed by atoms with van der Waals surface area (Å²) in [4.78, 5) is 4.50. The third kappa shape index (κ3) is 3.00. The lowest BCUT2D eigenvalue weighted by Gasteiger charge is -2.19. The fourth-order valence-electron chi connectivity index (χ4n) is 2.29. The van der Waals surface area contributed by atoms with Gasteiger partial charge in [0.05, 0.1) is 16.6 Å². The van der Waals surface area contributed by atoms with Crippen LogP contribution in [0.2, 0.25) is 5.02 Å². The molecule has 1 aromatic carbocycles. The molecule has 1 aromatic rings. The van der Waals surface area contributed by atoms with Crippen molar-refractivity contribution in [2.45, 2.75) is 38.1 Å². The van der Waals surface area contributed by atoms with E-state index in [-0.39, 0.29) is 11.6 Å². The Morgan fingerprint density at radius 3 is 2.67 bits per heavy atom. The molecule has 0 unspecified atom stereocenters. The Labute approximate surface area is 111 Å². The van der Waals surface area contributed by atoms with E-state index in [9.17, 15) is 4.39 Å². The van der Waals surface area contributed by atoms with Gasteiger partial charge in [-0.15, -0.1) is 0 Å². The summed E-state index contributed by atoms with van der Waals surface area (Å²) >= 11 is 6.00. The zero-order chi connectivity index (χ0) is 13.0. The van der Waals surface area contributed by atoms with E-state index in [4.69, 9.17) is 17.4 Å². The number of hydrogen-bond acceptors (Lipinski definition) is 2. The van der Waals surface area contributed by atoms with Crippen LogP contribution in [0.15, 0.2) is 23.2 Å². The molecule has 0 saturated heterocycles. The van der Waals surface area contributed by atoms with Gasteiger partial charge in [0.2, 0.25) is 0 Å². The average Bonchev–Trinajstić information content (AvgIpc) is 2.38. The van der Waals surface area contributed by atoms with Gasteiger partial charge in [-0.05, 0) is 25.0 Å². The normalized spacial score (nSPS) is 17.8. The third-order valence-electron chi connectivity index (χ3n) is 3.22. The molecule has 0 amide bonds. The van der Waals surface area contributed by atoms with E-state index in [0.717, 1.165) is 25.7 Å². The van der Waals surface area contributed by atoms with E-state index in [0.29, 0.717) is 10.9 Å². The Hall–Kier alpha value is -1.13. The minimum Gasteiger partial charge on any atom is -0.308 e. The maximum absolute atomic E-state index is 13.8. The van der Waals surface area contributed by atoms with Crippen LogP contribution >= 0.6 is 11.6 Å². The standard InChI is InChI=1S/C13H17ClFN3/c14-10-7-4-8-11(15)12(10)13(18-16)17-9-5-2-1-3-6-9/h4,7-9H,1-3,5-6,16H2,(H,17,18). The Kier molecular flexibility index (Phi) is 4.55. The first kappa shape index (κ1) is 13.3. The number of rotatable bonds is 2. The van der Waals surface area contributed by atoms with Crippen molar-refractivity contribution in [3.05, 3.63) is 34.6 Å². The number of nitrogens with two attached hydrogens (primary N) is 1. The largest absolute Gasteiger partial charge is 0.308 e. The van der Waals surface area contributed by atoms with Gasteiger partial charge in [0.25, 0.3) is 0 Å². The molecule has 0 heterocycles. The summed E-state index contributed by atoms with van der Waals surface area (Å²) in [5.74, 6) is 5.38. The summed E-state index contributed by atoms with van der Waals surface area (Å²) in [6, 6.07) is 4.76. The second-order valence-corrected chi connectivity index (χ2v) is 4.92. The Morgan fingerprint density at radius 2 is 2.06 bits per heavy atom. The van der Waals surface area contributed by atoms with Gasteiger partial charge >= 0.3 is 0 Å².